The summed E-state index contributed by atoms with van der Waals surface area (Å²) in [7, 11) is 1.69. The van der Waals surface area contributed by atoms with Gasteiger partial charge in [0.15, 0.2) is 0 Å². The molecule has 2 aromatic rings. The highest BCUT2D eigenvalue weighted by Crippen LogP contribution is 2.19. The van der Waals surface area contributed by atoms with E-state index in [9.17, 15) is 18.0 Å². The lowest BCUT2D eigenvalue weighted by Gasteiger charge is -2.22. The highest BCUT2D eigenvalue weighted by atomic mass is 19.4. The number of aryl methyl sites for hydroxylation is 1. The van der Waals surface area contributed by atoms with Crippen LogP contribution in [0.5, 0.6) is 0 Å². The molecule has 1 heterocycles. The lowest BCUT2D eigenvalue weighted by Crippen LogP contribution is -2.37. The number of amides is 1. The number of carbonyl (C=O) groups excluding carboxylic acids is 1. The highest BCUT2D eigenvalue weighted by Gasteiger charge is 2.32. The second-order valence-electron chi connectivity index (χ2n) is 5.40. The number of nitrogens with zero attached hydrogens (tertiary/aromatic N) is 4. The number of hydrogen-bond acceptors (Lipinski definition) is 3. The number of alkyl halides is 3. The Labute approximate surface area is 142 Å². The van der Waals surface area contributed by atoms with E-state index in [4.69, 9.17) is 5.26 Å². The number of aromatic nitrogens is 2. The summed E-state index contributed by atoms with van der Waals surface area (Å²) in [6, 6.07) is 7.98. The van der Waals surface area contributed by atoms with E-state index < -0.39 is 18.6 Å². The normalized spacial score (nSPS) is 11.5. The van der Waals surface area contributed by atoms with Gasteiger partial charge in [-0.25, -0.2) is 0 Å². The van der Waals surface area contributed by atoms with E-state index in [-0.39, 0.29) is 6.54 Å². The first kappa shape index (κ1) is 18.3. The molecular formula is C17H15F3N4O. The molecule has 0 unspecified atom stereocenters. The third-order valence-electron chi connectivity index (χ3n) is 3.28. The predicted molar refractivity (Wildman–Crippen MR) is 84.9 cm³/mol. The first-order valence-electron chi connectivity index (χ1n) is 7.28. The highest BCUT2D eigenvalue weighted by molar-refractivity contribution is 5.91. The Kier molecular flexibility index (Phi) is 5.60. The minimum atomic E-state index is -4.51. The van der Waals surface area contributed by atoms with Gasteiger partial charge >= 0.3 is 6.18 Å². The number of rotatable bonds is 5. The Morgan fingerprint density at radius 2 is 2.04 bits per heavy atom. The van der Waals surface area contributed by atoms with Gasteiger partial charge in [0.05, 0.1) is 17.8 Å². The smallest absolute Gasteiger partial charge is 0.326 e. The molecule has 5 nitrogen and oxygen atoms in total. The summed E-state index contributed by atoms with van der Waals surface area (Å²) in [6.07, 6.45) is 1.13. The predicted octanol–water partition coefficient (Wildman–Crippen LogP) is 2.90. The van der Waals surface area contributed by atoms with Gasteiger partial charge in [0.2, 0.25) is 5.91 Å². The zero-order valence-electron chi connectivity index (χ0n) is 13.4. The summed E-state index contributed by atoms with van der Waals surface area (Å²) in [4.78, 5) is 12.9. The van der Waals surface area contributed by atoms with Crippen LogP contribution in [-0.4, -0.2) is 33.3 Å². The van der Waals surface area contributed by atoms with Crippen LogP contribution in [0.3, 0.4) is 0 Å². The number of nitriles is 1. The number of benzene rings is 1. The summed E-state index contributed by atoms with van der Waals surface area (Å²) < 4.78 is 39.9. The zero-order valence-corrected chi connectivity index (χ0v) is 13.4. The van der Waals surface area contributed by atoms with Gasteiger partial charge in [0.25, 0.3) is 0 Å². The molecule has 0 aliphatic heterocycles. The molecule has 0 aliphatic carbocycles. The van der Waals surface area contributed by atoms with Crippen molar-refractivity contribution in [2.75, 3.05) is 6.54 Å². The van der Waals surface area contributed by atoms with Gasteiger partial charge in [0, 0.05) is 31.4 Å². The molecule has 0 bridgehead atoms. The number of halogens is 3. The average molecular weight is 348 g/mol. The summed E-state index contributed by atoms with van der Waals surface area (Å²) in [6.45, 7) is -1.56. The third kappa shape index (κ3) is 5.80. The van der Waals surface area contributed by atoms with Gasteiger partial charge in [-0.2, -0.15) is 23.5 Å². The molecule has 0 N–H and O–H groups in total. The van der Waals surface area contributed by atoms with E-state index in [2.05, 4.69) is 5.10 Å². The Hall–Kier alpha value is -3.08. The topological polar surface area (TPSA) is 61.9 Å². The third-order valence-corrected chi connectivity index (χ3v) is 3.28. The van der Waals surface area contributed by atoms with Crippen molar-refractivity contribution in [1.82, 2.24) is 14.7 Å². The Morgan fingerprint density at radius 3 is 2.56 bits per heavy atom. The summed E-state index contributed by atoms with van der Waals surface area (Å²) in [5.41, 5.74) is 1.52. The van der Waals surface area contributed by atoms with Gasteiger partial charge in [0.1, 0.15) is 6.54 Å². The maximum Gasteiger partial charge on any atom is 0.406 e. The summed E-state index contributed by atoms with van der Waals surface area (Å²) in [5, 5.41) is 12.7. The molecular weight excluding hydrogens is 333 g/mol. The zero-order chi connectivity index (χ0) is 18.4. The van der Waals surface area contributed by atoms with Gasteiger partial charge in [-0.3, -0.25) is 9.48 Å². The Morgan fingerprint density at radius 1 is 1.36 bits per heavy atom. The number of hydrogen-bond donors (Lipinski definition) is 0. The van der Waals surface area contributed by atoms with Crippen molar-refractivity contribution in [3.05, 3.63) is 59.4 Å². The van der Waals surface area contributed by atoms with Crippen LogP contribution in [0.25, 0.3) is 6.08 Å². The average Bonchev–Trinajstić information content (AvgIpc) is 2.97. The van der Waals surface area contributed by atoms with E-state index in [0.29, 0.717) is 21.6 Å². The van der Waals surface area contributed by atoms with Crippen LogP contribution in [-0.2, 0) is 18.4 Å². The molecule has 1 aromatic carbocycles. The van der Waals surface area contributed by atoms with Crippen molar-refractivity contribution in [2.24, 2.45) is 7.05 Å². The van der Waals surface area contributed by atoms with Gasteiger partial charge in [-0.1, -0.05) is 12.1 Å². The van der Waals surface area contributed by atoms with E-state index in [1.54, 1.807) is 13.2 Å². The first-order chi connectivity index (χ1) is 11.8. The molecule has 130 valence electrons. The molecule has 0 saturated heterocycles. The van der Waals surface area contributed by atoms with Crippen molar-refractivity contribution < 1.29 is 18.0 Å². The SMILES string of the molecule is Cn1cc(C=CC(=O)N(Cc2ccc(C#N)cc2)CC(F)(F)F)cn1. The van der Waals surface area contributed by atoms with Crippen molar-refractivity contribution in [1.29, 1.82) is 5.26 Å². The molecule has 0 spiro atoms. The van der Waals surface area contributed by atoms with Gasteiger partial charge in [-0.05, 0) is 23.8 Å². The van der Waals surface area contributed by atoms with E-state index >= 15 is 0 Å². The molecule has 0 radical (unpaired) electrons. The minimum Gasteiger partial charge on any atom is -0.326 e. The van der Waals surface area contributed by atoms with Crippen LogP contribution < -0.4 is 0 Å². The fourth-order valence-electron chi connectivity index (χ4n) is 2.13. The van der Waals surface area contributed by atoms with Crippen molar-refractivity contribution in [3.63, 3.8) is 0 Å². The molecule has 0 atom stereocenters. The van der Waals surface area contributed by atoms with E-state index in [1.165, 1.54) is 41.2 Å². The van der Waals surface area contributed by atoms with Crippen LogP contribution in [0.4, 0.5) is 13.2 Å². The van der Waals surface area contributed by atoms with Crippen LogP contribution in [0.2, 0.25) is 0 Å². The van der Waals surface area contributed by atoms with Crippen LogP contribution in [0.15, 0.2) is 42.7 Å². The second-order valence-corrected chi connectivity index (χ2v) is 5.40. The molecule has 0 aliphatic rings. The molecule has 2 rings (SSSR count). The second kappa shape index (κ2) is 7.66. The van der Waals surface area contributed by atoms with Crippen LogP contribution in [0.1, 0.15) is 16.7 Å². The molecule has 8 heteroatoms. The maximum atomic E-state index is 12.8. The first-order valence-corrected chi connectivity index (χ1v) is 7.28. The summed E-state index contributed by atoms with van der Waals surface area (Å²) >= 11 is 0. The molecule has 0 saturated carbocycles. The molecule has 25 heavy (non-hydrogen) atoms. The monoisotopic (exact) mass is 348 g/mol. The summed E-state index contributed by atoms with van der Waals surface area (Å²) in [5.74, 6) is -0.759. The fraction of sp³-hybridized carbons (Fsp3) is 0.235. The van der Waals surface area contributed by atoms with Crippen molar-refractivity contribution >= 4 is 12.0 Å². The fourth-order valence-corrected chi connectivity index (χ4v) is 2.13. The minimum absolute atomic E-state index is 0.207. The lowest BCUT2D eigenvalue weighted by atomic mass is 10.1. The quantitative estimate of drug-likeness (QED) is 0.781. The largest absolute Gasteiger partial charge is 0.406 e. The van der Waals surface area contributed by atoms with Crippen molar-refractivity contribution in [2.45, 2.75) is 12.7 Å². The van der Waals surface area contributed by atoms with E-state index in [0.717, 1.165) is 6.08 Å². The van der Waals surface area contributed by atoms with E-state index in [1.807, 2.05) is 6.07 Å². The number of carbonyl (C=O) groups is 1. The molecule has 1 aromatic heterocycles. The maximum absolute atomic E-state index is 12.8. The Bertz CT molecular complexity index is 801. The van der Waals surface area contributed by atoms with Gasteiger partial charge in [-0.15, -0.1) is 0 Å². The molecule has 0 fully saturated rings. The van der Waals surface area contributed by atoms with Crippen molar-refractivity contribution in [3.8, 4) is 6.07 Å². The van der Waals surface area contributed by atoms with Gasteiger partial charge < -0.3 is 4.90 Å². The molecule has 1 amide bonds. The standard InChI is InChI=1S/C17H15F3N4O/c1-23-10-15(9-22-23)6-7-16(25)24(12-17(18,19)20)11-14-4-2-13(8-21)3-5-14/h2-7,9-10H,11-12H2,1H3. The Balaban J connectivity index is 2.14. The van der Waals surface area contributed by atoms with Crippen LogP contribution >= 0.6 is 0 Å². The van der Waals surface area contributed by atoms with Crippen LogP contribution in [0, 0.1) is 11.3 Å². The lowest BCUT2D eigenvalue weighted by molar-refractivity contribution is -0.159.